The van der Waals surface area contributed by atoms with Crippen molar-refractivity contribution in [3.63, 3.8) is 0 Å². The van der Waals surface area contributed by atoms with Gasteiger partial charge >= 0.3 is 0 Å². The van der Waals surface area contributed by atoms with E-state index in [2.05, 4.69) is 0 Å². The second-order valence-corrected chi connectivity index (χ2v) is 4.44. The SMILES string of the molecule is CC(C)C(=O)CCC(=O)/C=C/c1ccccc1F. The molecule has 0 bridgehead atoms. The third-order valence-corrected chi connectivity index (χ3v) is 2.62. The number of halogens is 1. The largest absolute Gasteiger partial charge is 0.299 e. The summed E-state index contributed by atoms with van der Waals surface area (Å²) in [5.41, 5.74) is 0.376. The predicted molar refractivity (Wildman–Crippen MR) is 69.5 cm³/mol. The molecule has 0 aliphatic rings. The van der Waals surface area contributed by atoms with Crippen molar-refractivity contribution in [2.75, 3.05) is 0 Å². The summed E-state index contributed by atoms with van der Waals surface area (Å²) in [6.45, 7) is 3.62. The van der Waals surface area contributed by atoms with Crippen LogP contribution in [0.1, 0.15) is 32.3 Å². The van der Waals surface area contributed by atoms with Crippen LogP contribution in [0.5, 0.6) is 0 Å². The monoisotopic (exact) mass is 248 g/mol. The van der Waals surface area contributed by atoms with Crippen LogP contribution in [0.3, 0.4) is 0 Å². The average Bonchev–Trinajstić information content (AvgIpc) is 2.34. The van der Waals surface area contributed by atoms with Gasteiger partial charge in [0.25, 0.3) is 0 Å². The van der Waals surface area contributed by atoms with Crippen LogP contribution in [0.4, 0.5) is 4.39 Å². The van der Waals surface area contributed by atoms with Gasteiger partial charge in [-0.2, -0.15) is 0 Å². The standard InChI is InChI=1S/C15H17FO2/c1-11(2)15(18)10-9-13(17)8-7-12-5-3-4-6-14(12)16/h3-8,11H,9-10H2,1-2H3/b8-7+. The van der Waals surface area contributed by atoms with Crippen LogP contribution >= 0.6 is 0 Å². The highest BCUT2D eigenvalue weighted by molar-refractivity contribution is 5.96. The van der Waals surface area contributed by atoms with Crippen LogP contribution < -0.4 is 0 Å². The van der Waals surface area contributed by atoms with Gasteiger partial charge in [0.2, 0.25) is 0 Å². The third-order valence-electron chi connectivity index (χ3n) is 2.62. The van der Waals surface area contributed by atoms with Gasteiger partial charge in [-0.3, -0.25) is 9.59 Å². The third kappa shape index (κ3) is 4.62. The zero-order chi connectivity index (χ0) is 13.5. The molecular formula is C15H17FO2. The highest BCUT2D eigenvalue weighted by Gasteiger charge is 2.08. The molecule has 0 heterocycles. The highest BCUT2D eigenvalue weighted by Crippen LogP contribution is 2.09. The van der Waals surface area contributed by atoms with Gasteiger partial charge in [0.05, 0.1) is 0 Å². The second-order valence-electron chi connectivity index (χ2n) is 4.44. The molecule has 1 aromatic rings. The van der Waals surface area contributed by atoms with Crippen molar-refractivity contribution in [1.82, 2.24) is 0 Å². The van der Waals surface area contributed by atoms with E-state index in [1.807, 2.05) is 13.8 Å². The quantitative estimate of drug-likeness (QED) is 0.723. The maximum absolute atomic E-state index is 13.2. The molecule has 96 valence electrons. The number of hydrogen-bond acceptors (Lipinski definition) is 2. The molecule has 1 rings (SSSR count). The van der Waals surface area contributed by atoms with E-state index in [0.29, 0.717) is 5.56 Å². The fraction of sp³-hybridized carbons (Fsp3) is 0.333. The van der Waals surface area contributed by atoms with Gasteiger partial charge < -0.3 is 0 Å². The summed E-state index contributed by atoms with van der Waals surface area (Å²) in [6, 6.07) is 6.23. The molecule has 3 heteroatoms. The Bertz CT molecular complexity index is 461. The summed E-state index contributed by atoms with van der Waals surface area (Å²) in [5, 5.41) is 0. The molecule has 0 amide bonds. The van der Waals surface area contributed by atoms with E-state index >= 15 is 0 Å². The lowest BCUT2D eigenvalue weighted by atomic mass is 10.0. The van der Waals surface area contributed by atoms with Crippen LogP contribution in [0.15, 0.2) is 30.3 Å². The number of ketones is 2. The molecule has 1 aromatic carbocycles. The van der Waals surface area contributed by atoms with Gasteiger partial charge in [0.1, 0.15) is 11.6 Å². The summed E-state index contributed by atoms with van der Waals surface area (Å²) in [4.78, 5) is 22.8. The van der Waals surface area contributed by atoms with E-state index in [1.54, 1.807) is 18.2 Å². The van der Waals surface area contributed by atoms with E-state index in [1.165, 1.54) is 18.2 Å². The number of carbonyl (C=O) groups is 2. The summed E-state index contributed by atoms with van der Waals surface area (Å²) in [7, 11) is 0. The Morgan fingerprint density at radius 2 is 1.89 bits per heavy atom. The van der Waals surface area contributed by atoms with Gasteiger partial charge in [-0.25, -0.2) is 4.39 Å². The van der Waals surface area contributed by atoms with E-state index < -0.39 is 0 Å². The van der Waals surface area contributed by atoms with Gasteiger partial charge in [-0.05, 0) is 18.2 Å². The van der Waals surface area contributed by atoms with Crippen LogP contribution in [0.2, 0.25) is 0 Å². The van der Waals surface area contributed by atoms with E-state index in [-0.39, 0.29) is 36.1 Å². The molecule has 0 aliphatic carbocycles. The lowest BCUT2D eigenvalue weighted by Gasteiger charge is -2.01. The smallest absolute Gasteiger partial charge is 0.156 e. The van der Waals surface area contributed by atoms with E-state index in [9.17, 15) is 14.0 Å². The lowest BCUT2D eigenvalue weighted by molar-refractivity contribution is -0.124. The fourth-order valence-corrected chi connectivity index (χ4v) is 1.41. The Labute approximate surface area is 107 Å². The Balaban J connectivity index is 2.50. The average molecular weight is 248 g/mol. The number of rotatable bonds is 6. The highest BCUT2D eigenvalue weighted by atomic mass is 19.1. The van der Waals surface area contributed by atoms with Gasteiger partial charge in [-0.15, -0.1) is 0 Å². The predicted octanol–water partition coefficient (Wildman–Crippen LogP) is 3.41. The Hall–Kier alpha value is -1.77. The molecule has 0 aliphatic heterocycles. The van der Waals surface area contributed by atoms with E-state index in [4.69, 9.17) is 0 Å². The normalized spacial score (nSPS) is 11.1. The Morgan fingerprint density at radius 3 is 2.50 bits per heavy atom. The molecule has 0 spiro atoms. The minimum Gasteiger partial charge on any atom is -0.299 e. The molecule has 0 atom stereocenters. The molecular weight excluding hydrogens is 231 g/mol. The van der Waals surface area contributed by atoms with Crippen molar-refractivity contribution < 1.29 is 14.0 Å². The summed E-state index contributed by atoms with van der Waals surface area (Å²) >= 11 is 0. The van der Waals surface area contributed by atoms with Gasteiger partial charge in [-0.1, -0.05) is 32.0 Å². The fourth-order valence-electron chi connectivity index (χ4n) is 1.41. The molecule has 0 radical (unpaired) electrons. The number of Topliss-reactive ketones (excluding diaryl/α,β-unsaturated/α-hetero) is 1. The van der Waals surface area contributed by atoms with Crippen molar-refractivity contribution >= 4 is 17.6 Å². The molecule has 0 N–H and O–H groups in total. The first-order valence-corrected chi connectivity index (χ1v) is 5.99. The van der Waals surface area contributed by atoms with Crippen molar-refractivity contribution in [2.24, 2.45) is 5.92 Å². The van der Waals surface area contributed by atoms with Crippen LogP contribution in [-0.2, 0) is 9.59 Å². The minimum absolute atomic E-state index is 0.0478. The Kier molecular flexibility index (Phi) is 5.43. The lowest BCUT2D eigenvalue weighted by Crippen LogP contribution is -2.08. The molecule has 18 heavy (non-hydrogen) atoms. The van der Waals surface area contributed by atoms with Crippen molar-refractivity contribution in [3.05, 3.63) is 41.7 Å². The first-order valence-electron chi connectivity index (χ1n) is 5.99. The second kappa shape index (κ2) is 6.84. The van der Waals surface area contributed by atoms with Gasteiger partial charge in [0, 0.05) is 24.3 Å². The molecule has 0 fully saturated rings. The molecule has 2 nitrogen and oxygen atoms in total. The Morgan fingerprint density at radius 1 is 1.22 bits per heavy atom. The maximum Gasteiger partial charge on any atom is 0.156 e. The van der Waals surface area contributed by atoms with Crippen LogP contribution in [0, 0.1) is 11.7 Å². The number of allylic oxidation sites excluding steroid dienone is 1. The topological polar surface area (TPSA) is 34.1 Å². The van der Waals surface area contributed by atoms with Crippen LogP contribution in [0.25, 0.3) is 6.08 Å². The van der Waals surface area contributed by atoms with Crippen molar-refractivity contribution in [2.45, 2.75) is 26.7 Å². The zero-order valence-corrected chi connectivity index (χ0v) is 10.7. The number of benzene rings is 1. The van der Waals surface area contributed by atoms with Crippen molar-refractivity contribution in [3.8, 4) is 0 Å². The first-order chi connectivity index (χ1) is 8.50. The first kappa shape index (κ1) is 14.3. The van der Waals surface area contributed by atoms with Crippen molar-refractivity contribution in [1.29, 1.82) is 0 Å². The molecule has 0 aromatic heterocycles. The van der Waals surface area contributed by atoms with Crippen LogP contribution in [-0.4, -0.2) is 11.6 Å². The summed E-state index contributed by atoms with van der Waals surface area (Å²) in [6.07, 6.45) is 3.20. The molecule has 0 saturated heterocycles. The summed E-state index contributed by atoms with van der Waals surface area (Å²) in [5.74, 6) is -0.497. The molecule has 0 unspecified atom stereocenters. The number of hydrogen-bond donors (Lipinski definition) is 0. The minimum atomic E-state index is -0.361. The zero-order valence-electron chi connectivity index (χ0n) is 10.7. The molecule has 0 saturated carbocycles. The summed E-state index contributed by atoms with van der Waals surface area (Å²) < 4.78 is 13.2. The number of carbonyl (C=O) groups excluding carboxylic acids is 2. The van der Waals surface area contributed by atoms with Gasteiger partial charge in [0.15, 0.2) is 5.78 Å². The maximum atomic E-state index is 13.2. The van der Waals surface area contributed by atoms with E-state index in [0.717, 1.165) is 0 Å².